The molecule has 0 bridgehead atoms. The third-order valence-electron chi connectivity index (χ3n) is 5.15. The van der Waals surface area contributed by atoms with Crippen LogP contribution in [-0.2, 0) is 11.8 Å². The van der Waals surface area contributed by atoms with Gasteiger partial charge in [-0.1, -0.05) is 30.0 Å². The van der Waals surface area contributed by atoms with Gasteiger partial charge in [-0.2, -0.15) is 5.10 Å². The van der Waals surface area contributed by atoms with E-state index in [1.165, 1.54) is 11.8 Å². The number of thioether (sulfide) groups is 1. The zero-order valence-electron chi connectivity index (χ0n) is 18.4. The first-order chi connectivity index (χ1) is 15.5. The van der Waals surface area contributed by atoms with Gasteiger partial charge in [-0.3, -0.25) is 4.79 Å². The second-order valence-electron chi connectivity index (χ2n) is 7.27. The molecule has 0 atom stereocenters. The van der Waals surface area contributed by atoms with Crippen molar-refractivity contribution in [1.82, 2.24) is 15.0 Å². The van der Waals surface area contributed by atoms with Crippen molar-refractivity contribution in [3.63, 3.8) is 0 Å². The third kappa shape index (κ3) is 4.27. The number of aryl methyl sites for hydroxylation is 2. The van der Waals surface area contributed by atoms with E-state index < -0.39 is 0 Å². The molecular formula is C24H24N4O3S. The Bertz CT molecular complexity index is 1330. The van der Waals surface area contributed by atoms with Crippen molar-refractivity contribution in [3.8, 4) is 11.5 Å². The van der Waals surface area contributed by atoms with Crippen molar-refractivity contribution >= 4 is 45.7 Å². The van der Waals surface area contributed by atoms with E-state index in [0.717, 1.165) is 43.8 Å². The summed E-state index contributed by atoms with van der Waals surface area (Å²) < 4.78 is 13.0. The second kappa shape index (κ2) is 9.32. The van der Waals surface area contributed by atoms with Crippen LogP contribution in [0.3, 0.4) is 0 Å². The second-order valence-corrected chi connectivity index (χ2v) is 8.21. The summed E-state index contributed by atoms with van der Waals surface area (Å²) >= 11 is 1.38. The highest BCUT2D eigenvalue weighted by molar-refractivity contribution is 7.99. The van der Waals surface area contributed by atoms with Crippen LogP contribution in [-0.4, -0.2) is 41.6 Å². The Hall–Kier alpha value is -3.52. The van der Waals surface area contributed by atoms with Gasteiger partial charge in [0.25, 0.3) is 5.91 Å². The van der Waals surface area contributed by atoms with Gasteiger partial charge < -0.3 is 14.0 Å². The van der Waals surface area contributed by atoms with Crippen molar-refractivity contribution in [3.05, 3.63) is 59.7 Å². The number of nitrogens with one attached hydrogen (secondary N) is 1. The van der Waals surface area contributed by atoms with Gasteiger partial charge in [-0.25, -0.2) is 10.4 Å². The van der Waals surface area contributed by atoms with Crippen molar-refractivity contribution in [2.45, 2.75) is 12.1 Å². The normalized spacial score (nSPS) is 11.4. The van der Waals surface area contributed by atoms with Crippen LogP contribution < -0.4 is 14.9 Å². The zero-order chi connectivity index (χ0) is 22.7. The number of hydrogen-bond donors (Lipinski definition) is 1. The molecule has 0 spiro atoms. The van der Waals surface area contributed by atoms with Crippen molar-refractivity contribution in [2.75, 3.05) is 20.0 Å². The number of aromatic nitrogens is 2. The van der Waals surface area contributed by atoms with Gasteiger partial charge in [0.2, 0.25) is 0 Å². The molecule has 0 saturated heterocycles. The summed E-state index contributed by atoms with van der Waals surface area (Å²) in [4.78, 5) is 17.0. The molecule has 0 unspecified atom stereocenters. The number of hydrazone groups is 1. The van der Waals surface area contributed by atoms with Crippen LogP contribution in [0.15, 0.2) is 58.8 Å². The minimum atomic E-state index is -0.209. The highest BCUT2D eigenvalue weighted by Crippen LogP contribution is 2.34. The summed E-state index contributed by atoms with van der Waals surface area (Å²) in [6, 6.07) is 15.6. The van der Waals surface area contributed by atoms with E-state index in [-0.39, 0.29) is 11.7 Å². The van der Waals surface area contributed by atoms with Crippen LogP contribution in [0, 0.1) is 6.92 Å². The van der Waals surface area contributed by atoms with Crippen molar-refractivity contribution in [1.29, 1.82) is 0 Å². The molecule has 0 fully saturated rings. The number of fused-ring (bicyclic) bond motifs is 2. The van der Waals surface area contributed by atoms with Gasteiger partial charge in [0, 0.05) is 23.4 Å². The van der Waals surface area contributed by atoms with Crippen LogP contribution in [0.4, 0.5) is 0 Å². The van der Waals surface area contributed by atoms with Gasteiger partial charge in [-0.15, -0.1) is 0 Å². The first-order valence-electron chi connectivity index (χ1n) is 10.0. The van der Waals surface area contributed by atoms with E-state index in [1.54, 1.807) is 20.4 Å². The number of nitrogens with zero attached hydrogens (tertiary/aromatic N) is 3. The highest BCUT2D eigenvalue weighted by atomic mass is 32.2. The van der Waals surface area contributed by atoms with E-state index in [0.29, 0.717) is 5.75 Å². The highest BCUT2D eigenvalue weighted by Gasteiger charge is 2.12. The van der Waals surface area contributed by atoms with E-state index >= 15 is 0 Å². The molecule has 4 rings (SSSR count). The Kier molecular flexibility index (Phi) is 6.32. The van der Waals surface area contributed by atoms with E-state index in [9.17, 15) is 4.79 Å². The molecule has 3 aromatic carbocycles. The van der Waals surface area contributed by atoms with Crippen LogP contribution in [0.5, 0.6) is 11.5 Å². The maximum atomic E-state index is 12.3. The summed E-state index contributed by atoms with van der Waals surface area (Å²) in [5.41, 5.74) is 6.53. The van der Waals surface area contributed by atoms with Crippen LogP contribution in [0.1, 0.15) is 11.1 Å². The maximum Gasteiger partial charge on any atom is 0.250 e. The molecule has 1 amide bonds. The predicted octanol–water partition coefficient (Wildman–Crippen LogP) is 4.29. The van der Waals surface area contributed by atoms with E-state index in [4.69, 9.17) is 9.47 Å². The lowest BCUT2D eigenvalue weighted by Crippen LogP contribution is -2.19. The monoisotopic (exact) mass is 448 g/mol. The predicted molar refractivity (Wildman–Crippen MR) is 129 cm³/mol. The summed E-state index contributed by atoms with van der Waals surface area (Å²) in [7, 11) is 5.20. The number of benzene rings is 3. The number of rotatable bonds is 7. The third-order valence-corrected chi connectivity index (χ3v) is 6.18. The largest absolute Gasteiger partial charge is 0.496 e. The fraction of sp³-hybridized carbons (Fsp3) is 0.208. The van der Waals surface area contributed by atoms with Gasteiger partial charge in [0.15, 0.2) is 5.16 Å². The summed E-state index contributed by atoms with van der Waals surface area (Å²) in [5.74, 6) is 1.45. The fourth-order valence-corrected chi connectivity index (χ4v) is 4.36. The summed E-state index contributed by atoms with van der Waals surface area (Å²) in [6.45, 7) is 2.04. The van der Waals surface area contributed by atoms with Crippen LogP contribution >= 0.6 is 11.8 Å². The molecule has 0 aliphatic heterocycles. The molecule has 164 valence electrons. The number of ether oxygens (including phenoxy) is 2. The van der Waals surface area contributed by atoms with Gasteiger partial charge >= 0.3 is 0 Å². The molecular weight excluding hydrogens is 424 g/mol. The first kappa shape index (κ1) is 21.7. The Labute approximate surface area is 190 Å². The Morgan fingerprint density at radius 2 is 1.97 bits per heavy atom. The minimum Gasteiger partial charge on any atom is -0.496 e. The topological polar surface area (TPSA) is 77.7 Å². The van der Waals surface area contributed by atoms with E-state index in [1.807, 2.05) is 61.0 Å². The molecule has 1 heterocycles. The number of carbonyl (C=O) groups is 1. The van der Waals surface area contributed by atoms with Crippen LogP contribution in [0.2, 0.25) is 0 Å². The fourth-order valence-electron chi connectivity index (χ4n) is 3.58. The van der Waals surface area contributed by atoms with Gasteiger partial charge in [0.1, 0.15) is 11.5 Å². The molecule has 0 aliphatic carbocycles. The lowest BCUT2D eigenvalue weighted by atomic mass is 10.0. The first-order valence-corrected chi connectivity index (χ1v) is 11.0. The van der Waals surface area contributed by atoms with E-state index in [2.05, 4.69) is 21.6 Å². The number of carbonyl (C=O) groups excluding carboxylic acids is 1. The zero-order valence-corrected chi connectivity index (χ0v) is 19.2. The molecule has 0 saturated carbocycles. The minimum absolute atomic E-state index is 0.208. The van der Waals surface area contributed by atoms with Crippen molar-refractivity contribution < 1.29 is 14.3 Å². The molecule has 1 aromatic heterocycles. The molecule has 8 heteroatoms. The van der Waals surface area contributed by atoms with Gasteiger partial charge in [0.05, 0.1) is 37.2 Å². The molecule has 4 aromatic rings. The maximum absolute atomic E-state index is 12.3. The average Bonchev–Trinajstić information content (AvgIpc) is 3.11. The Balaban J connectivity index is 1.46. The van der Waals surface area contributed by atoms with Gasteiger partial charge in [-0.05, 0) is 42.8 Å². The molecule has 1 N–H and O–H groups in total. The molecule has 0 aliphatic rings. The average molecular weight is 449 g/mol. The number of hydrogen-bond acceptors (Lipinski definition) is 6. The number of methoxy groups -OCH3 is 2. The summed E-state index contributed by atoms with van der Waals surface area (Å²) in [6.07, 6.45) is 1.62. The lowest BCUT2D eigenvalue weighted by molar-refractivity contribution is -0.118. The number of amides is 1. The Morgan fingerprint density at radius 1 is 1.16 bits per heavy atom. The van der Waals surface area contributed by atoms with Crippen molar-refractivity contribution in [2.24, 2.45) is 12.1 Å². The lowest BCUT2D eigenvalue weighted by Gasteiger charge is -2.11. The SMILES string of the molecule is COc1ccc(/C=N/NC(=O)CSc2nc3cc(C)ccc3n2C)c2c(OC)cccc12. The summed E-state index contributed by atoms with van der Waals surface area (Å²) in [5, 5.41) is 6.72. The number of imidazole rings is 1. The molecule has 0 radical (unpaired) electrons. The van der Waals surface area contributed by atoms with Crippen LogP contribution in [0.25, 0.3) is 21.8 Å². The quantitative estimate of drug-likeness (QED) is 0.259. The Morgan fingerprint density at radius 3 is 2.75 bits per heavy atom. The standard InChI is InChI=1S/C24H24N4O3S/c1-15-8-10-19-18(12-15)26-24(28(19)2)32-14-22(29)27-25-13-16-9-11-20(30-3)17-6-5-7-21(31-4)23(16)17/h5-13H,14H2,1-4H3,(H,27,29)/b25-13+. The molecule has 32 heavy (non-hydrogen) atoms. The smallest absolute Gasteiger partial charge is 0.250 e. The molecule has 7 nitrogen and oxygen atoms in total.